The van der Waals surface area contributed by atoms with Gasteiger partial charge in [0, 0.05) is 23.0 Å². The minimum Gasteiger partial charge on any atom is -0.364 e. The zero-order valence-corrected chi connectivity index (χ0v) is 20.4. The maximum atomic E-state index is 12.9. The minimum absolute atomic E-state index is 0.0781. The number of amides is 1. The van der Waals surface area contributed by atoms with Gasteiger partial charge in [-0.15, -0.1) is 0 Å². The molecule has 2 aromatic rings. The molecule has 168 valence electrons. The summed E-state index contributed by atoms with van der Waals surface area (Å²) in [6.07, 6.45) is 3.60. The fourth-order valence-corrected chi connectivity index (χ4v) is 5.19. The molecule has 1 aliphatic rings. The minimum atomic E-state index is -0.372. The van der Waals surface area contributed by atoms with Crippen LogP contribution in [0.2, 0.25) is 0 Å². The van der Waals surface area contributed by atoms with E-state index in [1.165, 1.54) is 11.3 Å². The van der Waals surface area contributed by atoms with Gasteiger partial charge >= 0.3 is 0 Å². The van der Waals surface area contributed by atoms with Crippen molar-refractivity contribution in [2.24, 2.45) is 0 Å². The summed E-state index contributed by atoms with van der Waals surface area (Å²) in [5, 5.41) is 12.7. The van der Waals surface area contributed by atoms with Gasteiger partial charge in [-0.05, 0) is 99.9 Å². The number of rotatable bonds is 5. The summed E-state index contributed by atoms with van der Waals surface area (Å²) >= 11 is 0. The largest absolute Gasteiger partial charge is 0.364 e. The predicted octanol–water partition coefficient (Wildman–Crippen LogP) is 6.60. The Labute approximate surface area is 192 Å². The smallest absolute Gasteiger partial charge is 0.266 e. The van der Waals surface area contributed by atoms with Crippen molar-refractivity contribution in [2.75, 3.05) is 10.2 Å². The molecule has 1 atom stereocenters. The normalized spacial score (nSPS) is 17.7. The van der Waals surface area contributed by atoms with Gasteiger partial charge in [-0.25, -0.2) is 0 Å². The third kappa shape index (κ3) is 4.58. The maximum Gasteiger partial charge on any atom is 0.266 e. The van der Waals surface area contributed by atoms with Gasteiger partial charge < -0.3 is 10.2 Å². The molecule has 1 unspecified atom stereocenters. The van der Waals surface area contributed by atoms with E-state index in [1.54, 1.807) is 6.08 Å². The van der Waals surface area contributed by atoms with Crippen LogP contribution >= 0.6 is 0 Å². The Morgan fingerprint density at radius 1 is 1.31 bits per heavy atom. The molecule has 0 spiro atoms. The molecule has 1 aliphatic heterocycles. The zero-order chi connectivity index (χ0) is 23.6. The van der Waals surface area contributed by atoms with E-state index in [-0.39, 0.29) is 17.0 Å². The molecule has 0 fully saturated rings. The summed E-state index contributed by atoms with van der Waals surface area (Å²) in [6.45, 7) is 15.4. The summed E-state index contributed by atoms with van der Waals surface area (Å²) in [7, 11) is 0. The molecule has 2 aromatic carbocycles. The first-order chi connectivity index (χ1) is 15.1. The molecular weight excluding hydrogens is 394 g/mol. The number of benzene rings is 2. The van der Waals surface area contributed by atoms with Crippen molar-refractivity contribution >= 4 is 23.4 Å². The highest BCUT2D eigenvalue weighted by molar-refractivity contribution is 6.10. The van der Waals surface area contributed by atoms with Crippen molar-refractivity contribution in [3.8, 4) is 6.07 Å². The Morgan fingerprint density at radius 3 is 2.62 bits per heavy atom. The van der Waals surface area contributed by atoms with E-state index in [9.17, 15) is 10.1 Å². The molecule has 1 N–H and O–H groups in total. The van der Waals surface area contributed by atoms with E-state index in [4.69, 9.17) is 0 Å². The highest BCUT2D eigenvalue weighted by Gasteiger charge is 2.37. The highest BCUT2D eigenvalue weighted by Crippen LogP contribution is 2.45. The van der Waals surface area contributed by atoms with Crippen LogP contribution in [0.15, 0.2) is 42.0 Å². The summed E-state index contributed by atoms with van der Waals surface area (Å²) in [6, 6.07) is 14.6. The number of fused-ring (bicyclic) bond motifs is 1. The molecule has 0 saturated heterocycles. The lowest BCUT2D eigenvalue weighted by atomic mass is 9.78. The van der Waals surface area contributed by atoms with Crippen LogP contribution in [0.1, 0.15) is 76.1 Å². The molecule has 0 aliphatic carbocycles. The van der Waals surface area contributed by atoms with Crippen molar-refractivity contribution < 1.29 is 4.79 Å². The molecule has 4 nitrogen and oxygen atoms in total. The van der Waals surface area contributed by atoms with Gasteiger partial charge in [0.1, 0.15) is 11.6 Å². The number of carbonyl (C=O) groups excluding carboxylic acids is 1. The van der Waals surface area contributed by atoms with Crippen LogP contribution in [0.4, 0.5) is 11.4 Å². The number of carbonyl (C=O) groups is 1. The average Bonchev–Trinajstić information content (AvgIpc) is 2.71. The molecular formula is C28H35N3O. The third-order valence-corrected chi connectivity index (χ3v) is 6.49. The summed E-state index contributed by atoms with van der Waals surface area (Å²) in [5.74, 6) is 0.0297. The van der Waals surface area contributed by atoms with Gasteiger partial charge in [-0.1, -0.05) is 32.0 Å². The second-order valence-corrected chi connectivity index (χ2v) is 9.78. The Hall–Kier alpha value is -3.06. The van der Waals surface area contributed by atoms with Crippen molar-refractivity contribution in [1.82, 2.24) is 0 Å². The number of aryl methyl sites for hydroxylation is 2. The number of nitriles is 1. The van der Waals surface area contributed by atoms with Crippen LogP contribution in [-0.2, 0) is 11.2 Å². The Bertz CT molecular complexity index is 1090. The van der Waals surface area contributed by atoms with Crippen LogP contribution in [0.25, 0.3) is 6.08 Å². The number of hydrogen-bond acceptors (Lipinski definition) is 3. The number of nitrogens with one attached hydrogen (secondary N) is 1. The third-order valence-electron chi connectivity index (χ3n) is 6.49. The second-order valence-electron chi connectivity index (χ2n) is 9.78. The second kappa shape index (κ2) is 9.20. The molecule has 0 radical (unpaired) electrons. The quantitative estimate of drug-likeness (QED) is 0.430. The summed E-state index contributed by atoms with van der Waals surface area (Å²) in [4.78, 5) is 15.4. The van der Waals surface area contributed by atoms with Gasteiger partial charge in [-0.3, -0.25) is 4.79 Å². The Morgan fingerprint density at radius 2 is 2.00 bits per heavy atom. The lowest BCUT2D eigenvalue weighted by molar-refractivity contribution is -0.112. The fourth-order valence-electron chi connectivity index (χ4n) is 5.19. The lowest BCUT2D eigenvalue weighted by Gasteiger charge is -2.50. The Balaban J connectivity index is 2.00. The van der Waals surface area contributed by atoms with Gasteiger partial charge in [0.05, 0.1) is 0 Å². The van der Waals surface area contributed by atoms with Gasteiger partial charge in [0.25, 0.3) is 5.91 Å². The SMILES string of the molecule is CCc1ccccc1NC(=O)/C(C#N)=C\c1cc2c(cc1C)N(C(C)C)C(C)(C)CC2C. The fraction of sp³-hybridized carbons (Fsp3) is 0.429. The first kappa shape index (κ1) is 23.6. The Kier molecular flexibility index (Phi) is 6.79. The van der Waals surface area contributed by atoms with Crippen molar-refractivity contribution in [1.29, 1.82) is 5.26 Å². The van der Waals surface area contributed by atoms with Crippen molar-refractivity contribution in [3.05, 3.63) is 64.2 Å². The topological polar surface area (TPSA) is 56.1 Å². The van der Waals surface area contributed by atoms with E-state index in [0.717, 1.165) is 35.2 Å². The zero-order valence-electron chi connectivity index (χ0n) is 20.4. The van der Waals surface area contributed by atoms with E-state index in [2.05, 4.69) is 70.0 Å². The molecule has 32 heavy (non-hydrogen) atoms. The number of para-hydroxylation sites is 1. The molecule has 3 rings (SSSR count). The van der Waals surface area contributed by atoms with Crippen LogP contribution in [0.5, 0.6) is 0 Å². The van der Waals surface area contributed by atoms with E-state index >= 15 is 0 Å². The summed E-state index contributed by atoms with van der Waals surface area (Å²) < 4.78 is 0. The average molecular weight is 430 g/mol. The maximum absolute atomic E-state index is 12.9. The van der Waals surface area contributed by atoms with Crippen LogP contribution < -0.4 is 10.2 Å². The molecule has 0 saturated carbocycles. The lowest BCUT2D eigenvalue weighted by Crippen LogP contribution is -2.51. The van der Waals surface area contributed by atoms with E-state index < -0.39 is 0 Å². The van der Waals surface area contributed by atoms with Gasteiger partial charge in [-0.2, -0.15) is 5.26 Å². The van der Waals surface area contributed by atoms with E-state index in [1.807, 2.05) is 31.2 Å². The van der Waals surface area contributed by atoms with Crippen LogP contribution in [0.3, 0.4) is 0 Å². The monoisotopic (exact) mass is 429 g/mol. The van der Waals surface area contributed by atoms with Gasteiger partial charge in [0.2, 0.25) is 0 Å². The number of hydrogen-bond donors (Lipinski definition) is 1. The molecule has 1 heterocycles. The predicted molar refractivity (Wildman–Crippen MR) is 134 cm³/mol. The number of nitrogens with zero attached hydrogens (tertiary/aromatic N) is 2. The first-order valence-electron chi connectivity index (χ1n) is 11.5. The van der Waals surface area contributed by atoms with Gasteiger partial charge in [0.15, 0.2) is 0 Å². The summed E-state index contributed by atoms with van der Waals surface area (Å²) in [5.41, 5.74) is 6.53. The van der Waals surface area contributed by atoms with Crippen LogP contribution in [-0.4, -0.2) is 17.5 Å². The molecule has 4 heteroatoms. The highest BCUT2D eigenvalue weighted by atomic mass is 16.1. The number of anilines is 2. The van der Waals surface area contributed by atoms with Crippen molar-refractivity contribution in [2.45, 2.75) is 78.8 Å². The first-order valence-corrected chi connectivity index (χ1v) is 11.5. The molecule has 0 bridgehead atoms. The standard InChI is InChI=1S/C28H35N3O/c1-8-21-11-9-10-12-25(21)30-27(32)23(17-29)14-22-15-24-20(5)16-28(6,7)31(18(2)3)26(24)13-19(22)4/h9-15,18,20H,8,16H2,1-7H3,(H,30,32)/b23-14-. The molecule has 0 aromatic heterocycles. The van der Waals surface area contributed by atoms with Crippen molar-refractivity contribution in [3.63, 3.8) is 0 Å². The molecule has 1 amide bonds. The van der Waals surface area contributed by atoms with E-state index in [0.29, 0.717) is 12.0 Å². The van der Waals surface area contributed by atoms with Crippen LogP contribution in [0, 0.1) is 18.3 Å².